The fourth-order valence-corrected chi connectivity index (χ4v) is 2.59. The minimum atomic E-state index is -0.388. The molecule has 0 aliphatic rings. The highest BCUT2D eigenvalue weighted by Crippen LogP contribution is 2.22. The summed E-state index contributed by atoms with van der Waals surface area (Å²) in [4.78, 5) is 27.3. The minimum absolute atomic E-state index is 0.120. The molecule has 1 heterocycles. The van der Waals surface area contributed by atoms with Gasteiger partial charge in [0.1, 0.15) is 5.56 Å². The Morgan fingerprint density at radius 2 is 1.67 bits per heavy atom. The Balaban J connectivity index is 1.96. The van der Waals surface area contributed by atoms with Crippen LogP contribution in [0.5, 0.6) is 0 Å². The van der Waals surface area contributed by atoms with E-state index >= 15 is 0 Å². The Morgan fingerprint density at radius 1 is 0.958 bits per heavy atom. The van der Waals surface area contributed by atoms with E-state index in [1.54, 1.807) is 12.1 Å². The fraction of sp³-hybridized carbons (Fsp3) is 0.200. The predicted molar refractivity (Wildman–Crippen MR) is 97.2 cm³/mol. The Morgan fingerprint density at radius 3 is 2.33 bits per heavy atom. The van der Waals surface area contributed by atoms with Crippen LogP contribution in [0.25, 0.3) is 22.0 Å². The first-order valence-electron chi connectivity index (χ1n) is 7.88. The Kier molecular flexibility index (Phi) is 3.97. The highest BCUT2D eigenvalue weighted by molar-refractivity contribution is 5.94. The van der Waals surface area contributed by atoms with Crippen LogP contribution in [-0.4, -0.2) is 16.4 Å². The van der Waals surface area contributed by atoms with Crippen molar-refractivity contribution in [3.8, 4) is 11.3 Å². The molecule has 1 amide bonds. The van der Waals surface area contributed by atoms with Gasteiger partial charge in [0.2, 0.25) is 0 Å². The number of aromatic amines is 1. The molecule has 0 saturated heterocycles. The average Bonchev–Trinajstić information content (AvgIpc) is 2.52. The number of benzene rings is 2. The van der Waals surface area contributed by atoms with Gasteiger partial charge in [-0.2, -0.15) is 0 Å². The molecule has 2 N–H and O–H groups in total. The number of carbonyl (C=O) groups is 1. The van der Waals surface area contributed by atoms with Crippen LogP contribution < -0.4 is 10.9 Å². The molecule has 0 saturated carbocycles. The molecule has 3 aromatic rings. The third-order valence-electron chi connectivity index (χ3n) is 3.70. The van der Waals surface area contributed by atoms with Crippen LogP contribution in [0.4, 0.5) is 0 Å². The van der Waals surface area contributed by atoms with E-state index in [2.05, 4.69) is 10.3 Å². The average molecular weight is 320 g/mol. The standard InChI is InChI=1S/C20H20N2O2/c1-20(2,3)22-19(24)16-10-11-17(21-18(16)23)15-9-8-13-6-4-5-7-14(13)12-15/h4-12H,1-3H3,(H,21,23)(H,22,24). The van der Waals surface area contributed by atoms with Crippen LogP contribution >= 0.6 is 0 Å². The maximum atomic E-state index is 12.3. The molecule has 0 aliphatic carbocycles. The monoisotopic (exact) mass is 320 g/mol. The Labute approximate surface area is 140 Å². The summed E-state index contributed by atoms with van der Waals surface area (Å²) >= 11 is 0. The van der Waals surface area contributed by atoms with Crippen LogP contribution in [0.2, 0.25) is 0 Å². The van der Waals surface area contributed by atoms with Crippen molar-refractivity contribution in [1.29, 1.82) is 0 Å². The molecular formula is C20H20N2O2. The van der Waals surface area contributed by atoms with Gasteiger partial charge in [-0.1, -0.05) is 36.4 Å². The Hall–Kier alpha value is -2.88. The third kappa shape index (κ3) is 3.38. The number of aromatic nitrogens is 1. The van der Waals surface area contributed by atoms with Crippen molar-refractivity contribution in [2.24, 2.45) is 0 Å². The van der Waals surface area contributed by atoms with Gasteiger partial charge in [-0.3, -0.25) is 9.59 Å². The lowest BCUT2D eigenvalue weighted by Gasteiger charge is -2.20. The first kappa shape index (κ1) is 16.0. The lowest BCUT2D eigenvalue weighted by Crippen LogP contribution is -2.42. The van der Waals surface area contributed by atoms with Crippen molar-refractivity contribution in [3.63, 3.8) is 0 Å². The summed E-state index contributed by atoms with van der Waals surface area (Å²) < 4.78 is 0. The molecule has 4 nitrogen and oxygen atoms in total. The van der Waals surface area contributed by atoms with Gasteiger partial charge in [-0.05, 0) is 55.3 Å². The molecule has 2 aromatic carbocycles. The van der Waals surface area contributed by atoms with Crippen LogP contribution in [-0.2, 0) is 0 Å². The summed E-state index contributed by atoms with van der Waals surface area (Å²) in [5, 5.41) is 5.05. The molecule has 3 rings (SSSR count). The second-order valence-corrected chi connectivity index (χ2v) is 6.88. The van der Waals surface area contributed by atoms with Crippen LogP contribution in [0.1, 0.15) is 31.1 Å². The van der Waals surface area contributed by atoms with Crippen molar-refractivity contribution < 1.29 is 4.79 Å². The zero-order chi connectivity index (χ0) is 17.3. The molecule has 1 aromatic heterocycles. The van der Waals surface area contributed by atoms with Gasteiger partial charge in [0.15, 0.2) is 0 Å². The second kappa shape index (κ2) is 5.96. The smallest absolute Gasteiger partial charge is 0.261 e. The van der Waals surface area contributed by atoms with Crippen molar-refractivity contribution in [2.45, 2.75) is 26.3 Å². The van der Waals surface area contributed by atoms with E-state index < -0.39 is 0 Å². The predicted octanol–water partition coefficient (Wildman–Crippen LogP) is 3.72. The number of rotatable bonds is 2. The zero-order valence-electron chi connectivity index (χ0n) is 14.0. The van der Waals surface area contributed by atoms with Gasteiger partial charge >= 0.3 is 0 Å². The maximum absolute atomic E-state index is 12.3. The summed E-state index contributed by atoms with van der Waals surface area (Å²) in [6.07, 6.45) is 0. The highest BCUT2D eigenvalue weighted by atomic mass is 16.2. The van der Waals surface area contributed by atoms with Crippen LogP contribution in [0, 0.1) is 0 Å². The summed E-state index contributed by atoms with van der Waals surface area (Å²) in [7, 11) is 0. The molecule has 24 heavy (non-hydrogen) atoms. The van der Waals surface area contributed by atoms with E-state index in [-0.39, 0.29) is 22.6 Å². The quantitative estimate of drug-likeness (QED) is 0.756. The molecule has 0 aliphatic heterocycles. The van der Waals surface area contributed by atoms with Gasteiger partial charge in [0.05, 0.1) is 0 Å². The molecule has 4 heteroatoms. The number of hydrogen-bond acceptors (Lipinski definition) is 2. The SMILES string of the molecule is CC(C)(C)NC(=O)c1ccc(-c2ccc3ccccc3c2)[nH]c1=O. The molecular weight excluding hydrogens is 300 g/mol. The number of amides is 1. The van der Waals surface area contributed by atoms with E-state index in [0.29, 0.717) is 5.69 Å². The van der Waals surface area contributed by atoms with Crippen LogP contribution in [0.3, 0.4) is 0 Å². The van der Waals surface area contributed by atoms with Gasteiger partial charge in [0.25, 0.3) is 11.5 Å². The lowest BCUT2D eigenvalue weighted by molar-refractivity contribution is 0.0918. The molecule has 0 bridgehead atoms. The summed E-state index contributed by atoms with van der Waals surface area (Å²) in [6, 6.07) is 17.4. The van der Waals surface area contributed by atoms with Gasteiger partial charge in [-0.25, -0.2) is 0 Å². The number of carbonyl (C=O) groups excluding carboxylic acids is 1. The largest absolute Gasteiger partial charge is 0.347 e. The lowest BCUT2D eigenvalue weighted by atomic mass is 10.0. The number of fused-ring (bicyclic) bond motifs is 1. The van der Waals surface area contributed by atoms with Crippen molar-refractivity contribution in [3.05, 3.63) is 70.5 Å². The minimum Gasteiger partial charge on any atom is -0.347 e. The molecule has 0 unspecified atom stereocenters. The maximum Gasteiger partial charge on any atom is 0.261 e. The third-order valence-corrected chi connectivity index (χ3v) is 3.70. The normalized spacial score (nSPS) is 11.5. The molecule has 122 valence electrons. The van der Waals surface area contributed by atoms with E-state index in [4.69, 9.17) is 0 Å². The van der Waals surface area contributed by atoms with Crippen molar-refractivity contribution in [2.75, 3.05) is 0 Å². The fourth-order valence-electron chi connectivity index (χ4n) is 2.59. The summed E-state index contributed by atoms with van der Waals surface area (Å²) in [5.74, 6) is -0.367. The summed E-state index contributed by atoms with van der Waals surface area (Å²) in [5.41, 5.74) is 0.948. The van der Waals surface area contributed by atoms with Gasteiger partial charge in [0, 0.05) is 11.2 Å². The van der Waals surface area contributed by atoms with Gasteiger partial charge < -0.3 is 10.3 Å². The number of nitrogens with one attached hydrogen (secondary N) is 2. The first-order valence-corrected chi connectivity index (χ1v) is 7.88. The molecule has 0 atom stereocenters. The van der Waals surface area contributed by atoms with Crippen molar-refractivity contribution in [1.82, 2.24) is 10.3 Å². The van der Waals surface area contributed by atoms with E-state index in [1.807, 2.05) is 63.2 Å². The zero-order valence-corrected chi connectivity index (χ0v) is 14.0. The van der Waals surface area contributed by atoms with E-state index in [9.17, 15) is 9.59 Å². The Bertz CT molecular complexity index is 965. The van der Waals surface area contributed by atoms with E-state index in [0.717, 1.165) is 16.3 Å². The number of hydrogen-bond donors (Lipinski definition) is 2. The van der Waals surface area contributed by atoms with Crippen LogP contribution in [0.15, 0.2) is 59.4 Å². The topological polar surface area (TPSA) is 62.0 Å². The van der Waals surface area contributed by atoms with E-state index in [1.165, 1.54) is 0 Å². The number of H-pyrrole nitrogens is 1. The highest BCUT2D eigenvalue weighted by Gasteiger charge is 2.18. The molecule has 0 fully saturated rings. The molecule has 0 spiro atoms. The first-order chi connectivity index (χ1) is 11.3. The number of pyridine rings is 1. The summed E-state index contributed by atoms with van der Waals surface area (Å²) in [6.45, 7) is 5.63. The van der Waals surface area contributed by atoms with Crippen molar-refractivity contribution >= 4 is 16.7 Å². The molecule has 0 radical (unpaired) electrons. The second-order valence-electron chi connectivity index (χ2n) is 6.88. The van der Waals surface area contributed by atoms with Gasteiger partial charge in [-0.15, -0.1) is 0 Å².